The highest BCUT2D eigenvalue weighted by Gasteiger charge is 2.11. The summed E-state index contributed by atoms with van der Waals surface area (Å²) in [6.07, 6.45) is 3.79. The fourth-order valence-electron chi connectivity index (χ4n) is 1.17. The second-order valence-corrected chi connectivity index (χ2v) is 5.46. The first-order valence-corrected chi connectivity index (χ1v) is 7.57. The van der Waals surface area contributed by atoms with Crippen LogP contribution in [-0.2, 0) is 9.53 Å². The van der Waals surface area contributed by atoms with Gasteiger partial charge in [0.05, 0.1) is 12.6 Å². The van der Waals surface area contributed by atoms with Crippen molar-refractivity contribution in [3.8, 4) is 0 Å². The summed E-state index contributed by atoms with van der Waals surface area (Å²) in [6, 6.07) is -0.391. The normalized spacial score (nSPS) is 12.8. The number of hydrogen-bond donors (Lipinski definition) is 2. The average Bonchev–Trinajstić information content (AvgIpc) is 2.29. The van der Waals surface area contributed by atoms with Gasteiger partial charge in [0.2, 0.25) is 5.91 Å². The van der Waals surface area contributed by atoms with Gasteiger partial charge >= 0.3 is 0 Å². The third-order valence-corrected chi connectivity index (χ3v) is 3.00. The van der Waals surface area contributed by atoms with E-state index in [1.807, 2.05) is 6.26 Å². The fourth-order valence-corrected chi connectivity index (χ4v) is 1.66. The largest absolute Gasteiger partial charge is 0.380 e. The lowest BCUT2D eigenvalue weighted by atomic mass is 10.1. The second kappa shape index (κ2) is 10.9. The lowest BCUT2D eigenvalue weighted by Gasteiger charge is -2.12. The minimum Gasteiger partial charge on any atom is -0.380 e. The van der Waals surface area contributed by atoms with E-state index in [1.54, 1.807) is 11.8 Å². The number of rotatable bonds is 10. The van der Waals surface area contributed by atoms with E-state index in [9.17, 15) is 4.79 Å². The highest BCUT2D eigenvalue weighted by atomic mass is 32.2. The smallest absolute Gasteiger partial charge is 0.237 e. The number of hydrogen-bond acceptors (Lipinski definition) is 4. The number of carbonyl (C=O) groups excluding carboxylic acids is 1. The van der Waals surface area contributed by atoms with Gasteiger partial charge in [-0.2, -0.15) is 11.8 Å². The van der Waals surface area contributed by atoms with Crippen LogP contribution < -0.4 is 11.1 Å². The molecule has 0 aromatic rings. The van der Waals surface area contributed by atoms with Crippen molar-refractivity contribution in [3.05, 3.63) is 0 Å². The SMILES string of the molecule is CSCC[C@@H](N)C(=O)NCCOCCC(C)C. The van der Waals surface area contributed by atoms with E-state index < -0.39 is 6.04 Å². The highest BCUT2D eigenvalue weighted by molar-refractivity contribution is 7.98. The molecule has 0 heterocycles. The Labute approximate surface area is 109 Å². The molecule has 0 aromatic carbocycles. The van der Waals surface area contributed by atoms with E-state index >= 15 is 0 Å². The molecule has 0 aliphatic carbocycles. The van der Waals surface area contributed by atoms with Crippen molar-refractivity contribution in [2.75, 3.05) is 31.8 Å². The maximum absolute atomic E-state index is 11.5. The zero-order chi connectivity index (χ0) is 13.1. The first-order valence-electron chi connectivity index (χ1n) is 6.18. The van der Waals surface area contributed by atoms with E-state index in [2.05, 4.69) is 19.2 Å². The summed E-state index contributed by atoms with van der Waals surface area (Å²) < 4.78 is 5.40. The Hall–Kier alpha value is -0.260. The molecule has 1 amide bonds. The molecule has 0 aromatic heterocycles. The summed E-state index contributed by atoms with van der Waals surface area (Å²) in [6.45, 7) is 6.19. The molecule has 0 saturated heterocycles. The quantitative estimate of drug-likeness (QED) is 0.582. The van der Waals surface area contributed by atoms with Crippen molar-refractivity contribution in [1.29, 1.82) is 0 Å². The Kier molecular flexibility index (Phi) is 10.7. The van der Waals surface area contributed by atoms with E-state index in [-0.39, 0.29) is 5.91 Å². The Morgan fingerprint density at radius 1 is 1.35 bits per heavy atom. The van der Waals surface area contributed by atoms with E-state index in [4.69, 9.17) is 10.5 Å². The van der Waals surface area contributed by atoms with Gasteiger partial charge in [0.15, 0.2) is 0 Å². The van der Waals surface area contributed by atoms with Gasteiger partial charge in [0.1, 0.15) is 0 Å². The number of amides is 1. The minimum absolute atomic E-state index is 0.0773. The Balaban J connectivity index is 3.38. The summed E-state index contributed by atoms with van der Waals surface area (Å²) in [4.78, 5) is 11.5. The molecule has 0 fully saturated rings. The second-order valence-electron chi connectivity index (χ2n) is 4.47. The topological polar surface area (TPSA) is 64.4 Å². The van der Waals surface area contributed by atoms with Crippen LogP contribution in [0.15, 0.2) is 0 Å². The van der Waals surface area contributed by atoms with Crippen molar-refractivity contribution >= 4 is 17.7 Å². The van der Waals surface area contributed by atoms with Gasteiger partial charge in [0, 0.05) is 13.2 Å². The maximum atomic E-state index is 11.5. The Morgan fingerprint density at radius 2 is 2.06 bits per heavy atom. The van der Waals surface area contributed by atoms with Gasteiger partial charge < -0.3 is 15.8 Å². The van der Waals surface area contributed by atoms with E-state index in [0.717, 1.165) is 25.2 Å². The Bertz CT molecular complexity index is 201. The van der Waals surface area contributed by atoms with Crippen molar-refractivity contribution in [3.63, 3.8) is 0 Å². The van der Waals surface area contributed by atoms with Gasteiger partial charge in [0.25, 0.3) is 0 Å². The van der Waals surface area contributed by atoms with Gasteiger partial charge in [-0.05, 0) is 30.8 Å². The summed E-state index contributed by atoms with van der Waals surface area (Å²) in [7, 11) is 0. The van der Waals surface area contributed by atoms with Crippen LogP contribution in [0.1, 0.15) is 26.7 Å². The van der Waals surface area contributed by atoms with Gasteiger partial charge in [-0.1, -0.05) is 13.8 Å². The van der Waals surface area contributed by atoms with Crippen molar-refractivity contribution in [2.24, 2.45) is 11.7 Å². The van der Waals surface area contributed by atoms with E-state index in [1.165, 1.54) is 0 Å². The molecular weight excluding hydrogens is 236 g/mol. The Morgan fingerprint density at radius 3 is 2.65 bits per heavy atom. The fraction of sp³-hybridized carbons (Fsp3) is 0.917. The molecule has 5 heteroatoms. The highest BCUT2D eigenvalue weighted by Crippen LogP contribution is 1.99. The van der Waals surface area contributed by atoms with Crippen LogP contribution in [0.3, 0.4) is 0 Å². The number of thioether (sulfide) groups is 1. The monoisotopic (exact) mass is 262 g/mol. The van der Waals surface area contributed by atoms with Crippen LogP contribution in [0.2, 0.25) is 0 Å². The molecule has 1 atom stereocenters. The molecule has 0 radical (unpaired) electrons. The van der Waals surface area contributed by atoms with Crippen LogP contribution in [0, 0.1) is 5.92 Å². The van der Waals surface area contributed by atoms with Crippen molar-refractivity contribution in [2.45, 2.75) is 32.7 Å². The van der Waals surface area contributed by atoms with Crippen molar-refractivity contribution in [1.82, 2.24) is 5.32 Å². The number of carbonyl (C=O) groups is 1. The molecule has 0 bridgehead atoms. The molecule has 4 nitrogen and oxygen atoms in total. The van der Waals surface area contributed by atoms with Crippen LogP contribution >= 0.6 is 11.8 Å². The summed E-state index contributed by atoms with van der Waals surface area (Å²) >= 11 is 1.70. The summed E-state index contributed by atoms with van der Waals surface area (Å²) in [5.74, 6) is 1.50. The summed E-state index contributed by atoms with van der Waals surface area (Å²) in [5.41, 5.74) is 5.72. The van der Waals surface area contributed by atoms with Crippen LogP contribution in [0.4, 0.5) is 0 Å². The number of ether oxygens (including phenoxy) is 1. The average molecular weight is 262 g/mol. The summed E-state index contributed by atoms with van der Waals surface area (Å²) in [5, 5.41) is 2.78. The molecule has 0 unspecified atom stereocenters. The molecule has 3 N–H and O–H groups in total. The molecule has 0 saturated carbocycles. The van der Waals surface area contributed by atoms with Crippen LogP contribution in [0.5, 0.6) is 0 Å². The first kappa shape index (κ1) is 16.7. The molecule has 0 aliphatic heterocycles. The van der Waals surface area contributed by atoms with Gasteiger partial charge in [-0.3, -0.25) is 4.79 Å². The molecule has 0 rings (SSSR count). The third-order valence-electron chi connectivity index (χ3n) is 2.35. The maximum Gasteiger partial charge on any atom is 0.237 e. The minimum atomic E-state index is -0.391. The molecule has 17 heavy (non-hydrogen) atoms. The number of nitrogens with two attached hydrogens (primary N) is 1. The zero-order valence-corrected chi connectivity index (χ0v) is 12.0. The molecule has 0 spiro atoms. The van der Waals surface area contributed by atoms with Crippen molar-refractivity contribution < 1.29 is 9.53 Å². The predicted octanol–water partition coefficient (Wildman–Crippen LogP) is 1.25. The van der Waals surface area contributed by atoms with Gasteiger partial charge in [-0.15, -0.1) is 0 Å². The molecule has 102 valence electrons. The van der Waals surface area contributed by atoms with Gasteiger partial charge in [-0.25, -0.2) is 0 Å². The molecular formula is C12H26N2O2S. The zero-order valence-electron chi connectivity index (χ0n) is 11.2. The van der Waals surface area contributed by atoms with Crippen LogP contribution in [-0.4, -0.2) is 43.7 Å². The van der Waals surface area contributed by atoms with E-state index in [0.29, 0.717) is 19.1 Å². The first-order chi connectivity index (χ1) is 8.07. The predicted molar refractivity (Wildman–Crippen MR) is 74.3 cm³/mol. The lowest BCUT2D eigenvalue weighted by molar-refractivity contribution is -0.122. The number of nitrogens with one attached hydrogen (secondary N) is 1. The molecule has 0 aliphatic rings. The third kappa shape index (κ3) is 10.6. The van der Waals surface area contributed by atoms with Crippen LogP contribution in [0.25, 0.3) is 0 Å². The lowest BCUT2D eigenvalue weighted by Crippen LogP contribution is -2.42. The standard InChI is InChI=1S/C12H26N2O2S/c1-10(2)4-7-16-8-6-14-12(15)11(13)5-9-17-3/h10-11H,4-9,13H2,1-3H3,(H,14,15)/t11-/m1/s1.